The Labute approximate surface area is 171 Å². The summed E-state index contributed by atoms with van der Waals surface area (Å²) in [5.41, 5.74) is 0.788. The number of rotatable bonds is 9. The van der Waals surface area contributed by atoms with Crippen molar-refractivity contribution in [1.82, 2.24) is 19.8 Å². The van der Waals surface area contributed by atoms with Crippen LogP contribution in [0.2, 0.25) is 0 Å². The highest BCUT2D eigenvalue weighted by molar-refractivity contribution is 7.20. The van der Waals surface area contributed by atoms with Gasteiger partial charge in [0.25, 0.3) is 11.5 Å². The van der Waals surface area contributed by atoms with Gasteiger partial charge >= 0.3 is 0 Å². The Morgan fingerprint density at radius 2 is 2.04 bits per heavy atom. The maximum absolute atomic E-state index is 12.9. The van der Waals surface area contributed by atoms with Crippen molar-refractivity contribution >= 4 is 27.5 Å². The molecule has 1 aliphatic heterocycles. The lowest BCUT2D eigenvalue weighted by molar-refractivity contribution is 0.0955. The third-order valence-corrected chi connectivity index (χ3v) is 6.76. The molecule has 0 saturated heterocycles. The summed E-state index contributed by atoms with van der Waals surface area (Å²) in [7, 11) is 0. The third kappa shape index (κ3) is 4.46. The Balaban J connectivity index is 1.66. The molecule has 0 aromatic carbocycles. The van der Waals surface area contributed by atoms with Crippen molar-refractivity contribution in [3.8, 4) is 0 Å². The minimum atomic E-state index is -0.0838. The lowest BCUT2D eigenvalue weighted by atomic mass is 10.1. The highest BCUT2D eigenvalue weighted by Crippen LogP contribution is 2.28. The van der Waals surface area contributed by atoms with Crippen molar-refractivity contribution in [2.75, 3.05) is 26.2 Å². The molecule has 0 aliphatic carbocycles. The van der Waals surface area contributed by atoms with E-state index in [0.717, 1.165) is 63.3 Å². The number of hydrogen-bond donors (Lipinski definition) is 1. The molecule has 0 saturated carbocycles. The van der Waals surface area contributed by atoms with E-state index in [-0.39, 0.29) is 11.5 Å². The van der Waals surface area contributed by atoms with Gasteiger partial charge in [-0.3, -0.25) is 14.2 Å². The van der Waals surface area contributed by atoms with Crippen molar-refractivity contribution in [1.29, 1.82) is 0 Å². The van der Waals surface area contributed by atoms with Crippen molar-refractivity contribution < 1.29 is 4.79 Å². The molecule has 3 heterocycles. The number of carbonyl (C=O) groups is 1. The maximum Gasteiger partial charge on any atom is 0.262 e. The minimum absolute atomic E-state index is 0.0158. The lowest BCUT2D eigenvalue weighted by Gasteiger charge is -2.19. The van der Waals surface area contributed by atoms with E-state index in [0.29, 0.717) is 21.6 Å². The van der Waals surface area contributed by atoms with Gasteiger partial charge in [-0.1, -0.05) is 20.3 Å². The van der Waals surface area contributed by atoms with Gasteiger partial charge in [-0.15, -0.1) is 11.3 Å². The van der Waals surface area contributed by atoms with E-state index in [1.54, 1.807) is 4.57 Å². The van der Waals surface area contributed by atoms with E-state index < -0.39 is 0 Å². The number of aryl methyl sites for hydroxylation is 2. The van der Waals surface area contributed by atoms with Crippen LogP contribution in [0.4, 0.5) is 0 Å². The summed E-state index contributed by atoms with van der Waals surface area (Å²) in [5.74, 6) is 0.781. The molecule has 7 heteroatoms. The quantitative estimate of drug-likeness (QED) is 0.651. The molecular weight excluding hydrogens is 372 g/mol. The highest BCUT2D eigenvalue weighted by atomic mass is 32.1. The van der Waals surface area contributed by atoms with Crippen LogP contribution in [0.15, 0.2) is 4.79 Å². The third-order valence-electron chi connectivity index (χ3n) is 5.58. The number of nitrogens with one attached hydrogen (secondary N) is 1. The molecule has 2 aromatic heterocycles. The van der Waals surface area contributed by atoms with Gasteiger partial charge in [-0.25, -0.2) is 4.98 Å². The predicted octanol–water partition coefficient (Wildman–Crippen LogP) is 3.34. The summed E-state index contributed by atoms with van der Waals surface area (Å²) >= 11 is 1.35. The average Bonchev–Trinajstić information content (AvgIpc) is 3.04. The first-order valence-corrected chi connectivity index (χ1v) is 11.4. The summed E-state index contributed by atoms with van der Waals surface area (Å²) in [4.78, 5) is 34.0. The number of carbonyl (C=O) groups excluding carboxylic acids is 1. The van der Waals surface area contributed by atoms with E-state index in [9.17, 15) is 9.59 Å². The molecule has 0 radical (unpaired) electrons. The second kappa shape index (κ2) is 9.65. The van der Waals surface area contributed by atoms with Crippen molar-refractivity contribution in [3.63, 3.8) is 0 Å². The van der Waals surface area contributed by atoms with Crippen molar-refractivity contribution in [3.05, 3.63) is 26.6 Å². The average molecular weight is 405 g/mol. The molecule has 28 heavy (non-hydrogen) atoms. The summed E-state index contributed by atoms with van der Waals surface area (Å²) in [6, 6.07) is 0. The van der Waals surface area contributed by atoms with Crippen LogP contribution in [-0.4, -0.2) is 46.5 Å². The Morgan fingerprint density at radius 3 is 2.79 bits per heavy atom. The fraction of sp³-hybridized carbons (Fsp3) is 0.667. The largest absolute Gasteiger partial charge is 0.351 e. The lowest BCUT2D eigenvalue weighted by Crippen LogP contribution is -2.30. The van der Waals surface area contributed by atoms with Crippen molar-refractivity contribution in [2.45, 2.75) is 65.8 Å². The molecule has 1 aliphatic rings. The SMILES string of the molecule is CCCCN(CC)CCCNC(=O)c1sc2nc3n(c(=O)c2c1C)CCCC3. The molecule has 1 amide bonds. The van der Waals surface area contributed by atoms with Gasteiger partial charge in [0, 0.05) is 19.5 Å². The van der Waals surface area contributed by atoms with Gasteiger partial charge in [0.05, 0.1) is 10.3 Å². The second-order valence-corrected chi connectivity index (χ2v) is 8.57. The first-order valence-electron chi connectivity index (χ1n) is 10.6. The normalized spacial score (nSPS) is 13.9. The number of aromatic nitrogens is 2. The maximum atomic E-state index is 12.9. The number of amides is 1. The van der Waals surface area contributed by atoms with Gasteiger partial charge in [0.1, 0.15) is 10.7 Å². The van der Waals surface area contributed by atoms with Gasteiger partial charge in [0.15, 0.2) is 0 Å². The number of unbranched alkanes of at least 4 members (excludes halogenated alkanes) is 1. The summed E-state index contributed by atoms with van der Waals surface area (Å²) in [6.07, 6.45) is 6.29. The van der Waals surface area contributed by atoms with Gasteiger partial charge in [0.2, 0.25) is 0 Å². The summed E-state index contributed by atoms with van der Waals surface area (Å²) in [6.45, 7) is 10.8. The summed E-state index contributed by atoms with van der Waals surface area (Å²) < 4.78 is 1.79. The number of nitrogens with zero attached hydrogens (tertiary/aromatic N) is 3. The van der Waals surface area contributed by atoms with E-state index in [4.69, 9.17) is 4.98 Å². The molecule has 3 rings (SSSR count). The van der Waals surface area contributed by atoms with E-state index in [2.05, 4.69) is 24.1 Å². The molecule has 0 atom stereocenters. The Bertz CT molecular complexity index is 887. The molecule has 0 fully saturated rings. The number of thiophene rings is 1. The number of hydrogen-bond acceptors (Lipinski definition) is 5. The first-order chi connectivity index (χ1) is 13.6. The number of fused-ring (bicyclic) bond motifs is 2. The van der Waals surface area contributed by atoms with Gasteiger partial charge < -0.3 is 10.2 Å². The smallest absolute Gasteiger partial charge is 0.262 e. The Morgan fingerprint density at radius 1 is 1.25 bits per heavy atom. The van der Waals surface area contributed by atoms with Crippen LogP contribution >= 0.6 is 11.3 Å². The zero-order valence-electron chi connectivity index (χ0n) is 17.3. The monoisotopic (exact) mass is 404 g/mol. The second-order valence-electron chi connectivity index (χ2n) is 7.58. The van der Waals surface area contributed by atoms with Crippen LogP contribution in [0.3, 0.4) is 0 Å². The molecular formula is C21H32N4O2S. The van der Waals surface area contributed by atoms with Gasteiger partial charge in [-0.05, 0) is 57.8 Å². The van der Waals surface area contributed by atoms with Crippen LogP contribution < -0.4 is 10.9 Å². The molecule has 0 bridgehead atoms. The zero-order chi connectivity index (χ0) is 20.1. The topological polar surface area (TPSA) is 67.2 Å². The molecule has 0 unspecified atom stereocenters. The Hall–Kier alpha value is -1.73. The van der Waals surface area contributed by atoms with E-state index >= 15 is 0 Å². The molecule has 2 aromatic rings. The van der Waals surface area contributed by atoms with Crippen LogP contribution in [0.25, 0.3) is 10.2 Å². The highest BCUT2D eigenvalue weighted by Gasteiger charge is 2.22. The van der Waals surface area contributed by atoms with Crippen LogP contribution in [0, 0.1) is 6.92 Å². The summed E-state index contributed by atoms with van der Waals surface area (Å²) in [5, 5.41) is 3.66. The fourth-order valence-corrected chi connectivity index (χ4v) is 4.95. The van der Waals surface area contributed by atoms with Crippen LogP contribution in [0.5, 0.6) is 0 Å². The zero-order valence-corrected chi connectivity index (χ0v) is 18.2. The Kier molecular flexibility index (Phi) is 7.24. The van der Waals surface area contributed by atoms with E-state index in [1.807, 2.05) is 6.92 Å². The minimum Gasteiger partial charge on any atom is -0.351 e. The van der Waals surface area contributed by atoms with E-state index in [1.165, 1.54) is 24.2 Å². The molecule has 0 spiro atoms. The molecule has 154 valence electrons. The standard InChI is InChI=1S/C21H32N4O2S/c1-4-6-12-24(5-2)13-9-11-22-19(26)18-15(3)17-20(28-18)23-16-10-7-8-14-25(16)21(17)27/h4-14H2,1-3H3,(H,22,26). The molecule has 1 N–H and O–H groups in total. The van der Waals surface area contributed by atoms with Crippen LogP contribution in [0.1, 0.15) is 67.0 Å². The van der Waals surface area contributed by atoms with Crippen molar-refractivity contribution in [2.24, 2.45) is 0 Å². The first kappa shape index (κ1) is 21.0. The van der Waals surface area contributed by atoms with Gasteiger partial charge in [-0.2, -0.15) is 0 Å². The predicted molar refractivity (Wildman–Crippen MR) is 116 cm³/mol. The fourth-order valence-electron chi connectivity index (χ4n) is 3.84. The van der Waals surface area contributed by atoms with Crippen LogP contribution in [-0.2, 0) is 13.0 Å². The molecule has 6 nitrogen and oxygen atoms in total.